The van der Waals surface area contributed by atoms with E-state index in [2.05, 4.69) is 0 Å². The first-order valence-corrected chi connectivity index (χ1v) is 3.52. The number of rotatable bonds is 2. The number of carbonyl (C=O) groups is 2. The second-order valence-electron chi connectivity index (χ2n) is 2.86. The molecule has 0 heterocycles. The Morgan fingerprint density at radius 1 is 1.00 bits per heavy atom. The van der Waals surface area contributed by atoms with Gasteiger partial charge in [0.25, 0.3) is 0 Å². The third-order valence-electron chi connectivity index (χ3n) is 2.24. The van der Waals surface area contributed by atoms with Crippen LogP contribution in [0.1, 0.15) is 25.7 Å². The molecule has 1 rings (SSSR count). The molecule has 0 aromatic heterocycles. The summed E-state index contributed by atoms with van der Waals surface area (Å²) < 4.78 is 0. The number of hydrogen-bond acceptors (Lipinski definition) is 4. The maximum Gasteiger partial charge on any atom is 2.00 e. The van der Waals surface area contributed by atoms with Gasteiger partial charge in [-0.15, -0.1) is 0 Å². The van der Waals surface area contributed by atoms with Gasteiger partial charge in [-0.1, -0.05) is 12.8 Å². The van der Waals surface area contributed by atoms with Crippen LogP contribution in [0.5, 0.6) is 0 Å². The molecule has 1 fully saturated rings. The molecule has 1 aliphatic carbocycles. The van der Waals surface area contributed by atoms with Gasteiger partial charge in [0, 0.05) is 5.41 Å². The molecular weight excluding hydrogens is 285 g/mol. The zero-order valence-electron chi connectivity index (χ0n) is 6.67. The van der Waals surface area contributed by atoms with E-state index in [0.717, 1.165) is 0 Å². The second-order valence-corrected chi connectivity index (χ2v) is 2.86. The van der Waals surface area contributed by atoms with E-state index in [4.69, 9.17) is 0 Å². The summed E-state index contributed by atoms with van der Waals surface area (Å²) >= 11 is 0. The van der Waals surface area contributed by atoms with Crippen LogP contribution in [0.25, 0.3) is 0 Å². The normalized spacial score (nSPS) is 19.7. The molecule has 0 bridgehead atoms. The van der Waals surface area contributed by atoms with Crippen LogP contribution in [0, 0.1) is 5.41 Å². The van der Waals surface area contributed by atoms with Gasteiger partial charge in [0.05, 0.1) is 11.9 Å². The smallest absolute Gasteiger partial charge is 0.549 e. The second kappa shape index (κ2) is 4.67. The third-order valence-corrected chi connectivity index (χ3v) is 2.24. The van der Waals surface area contributed by atoms with E-state index >= 15 is 0 Å². The molecule has 0 amide bonds. The Morgan fingerprint density at radius 3 is 1.50 bits per heavy atom. The molecule has 0 spiro atoms. The Bertz CT molecular complexity index is 180. The van der Waals surface area contributed by atoms with Crippen molar-refractivity contribution in [3.63, 3.8) is 0 Å². The summed E-state index contributed by atoms with van der Waals surface area (Å²) in [5.74, 6) is -3.01. The predicted molar refractivity (Wildman–Crippen MR) is 36.7 cm³/mol. The van der Waals surface area contributed by atoms with Crippen LogP contribution in [0.2, 0.25) is 0 Å². The quantitative estimate of drug-likeness (QED) is 0.422. The summed E-state index contributed by atoms with van der Waals surface area (Å²) in [6.07, 6.45) is 1.55. The Kier molecular flexibility index (Phi) is 4.86. The van der Waals surface area contributed by atoms with Crippen molar-refractivity contribution in [2.24, 2.45) is 5.41 Å². The van der Waals surface area contributed by atoms with Crippen molar-refractivity contribution >= 4 is 60.8 Å². The zero-order valence-corrected chi connectivity index (χ0v) is 11.1. The average molecular weight is 293 g/mol. The molecule has 0 unspecified atom stereocenters. The Labute approximate surface area is 110 Å². The Balaban J connectivity index is 0.00000121. The van der Waals surface area contributed by atoms with Crippen molar-refractivity contribution in [2.75, 3.05) is 0 Å². The first kappa shape index (κ1) is 12.5. The van der Waals surface area contributed by atoms with Gasteiger partial charge in [-0.2, -0.15) is 0 Å². The van der Waals surface area contributed by atoms with Crippen molar-refractivity contribution < 1.29 is 19.8 Å². The van der Waals surface area contributed by atoms with E-state index in [9.17, 15) is 19.8 Å². The van der Waals surface area contributed by atoms with Gasteiger partial charge in [0.2, 0.25) is 0 Å². The summed E-state index contributed by atoms with van der Waals surface area (Å²) in [5.41, 5.74) is -1.69. The average Bonchev–Trinajstić information content (AvgIpc) is 2.34. The van der Waals surface area contributed by atoms with Crippen LogP contribution in [-0.4, -0.2) is 60.8 Å². The molecule has 0 radical (unpaired) electrons. The fraction of sp³-hybridized carbons (Fsp3) is 0.714. The maximum atomic E-state index is 10.4. The van der Waals surface area contributed by atoms with Gasteiger partial charge in [0.1, 0.15) is 0 Å². The fourth-order valence-electron chi connectivity index (χ4n) is 1.47. The molecule has 1 saturated carbocycles. The van der Waals surface area contributed by atoms with Gasteiger partial charge in [-0.3, -0.25) is 0 Å². The Hall–Kier alpha value is 0.511. The molecule has 0 atom stereocenters. The topological polar surface area (TPSA) is 80.3 Å². The van der Waals surface area contributed by atoms with Crippen LogP contribution >= 0.6 is 0 Å². The first-order chi connectivity index (χ1) is 5.09. The SMILES string of the molecule is O=C([O-])C1(C(=O)[O-])CCCC1.[Ba+2]. The van der Waals surface area contributed by atoms with Crippen molar-refractivity contribution in [3.05, 3.63) is 0 Å². The molecule has 0 saturated heterocycles. The van der Waals surface area contributed by atoms with Gasteiger partial charge >= 0.3 is 48.9 Å². The van der Waals surface area contributed by atoms with Gasteiger partial charge in [-0.05, 0) is 12.8 Å². The van der Waals surface area contributed by atoms with Crippen LogP contribution < -0.4 is 10.2 Å². The summed E-state index contributed by atoms with van der Waals surface area (Å²) in [5, 5.41) is 20.9. The molecule has 0 aromatic carbocycles. The largest absolute Gasteiger partial charge is 2.00 e. The molecule has 0 aliphatic heterocycles. The predicted octanol–water partition coefficient (Wildman–Crippen LogP) is -2.33. The van der Waals surface area contributed by atoms with Crippen LogP contribution in [0.15, 0.2) is 0 Å². The molecule has 0 aromatic rings. The first-order valence-electron chi connectivity index (χ1n) is 3.52. The van der Waals surface area contributed by atoms with E-state index < -0.39 is 17.4 Å². The molecular formula is C7H8BaO4. The number of carboxylic acids is 2. The van der Waals surface area contributed by atoms with Gasteiger partial charge < -0.3 is 19.8 Å². The van der Waals surface area contributed by atoms with E-state index in [1.165, 1.54) is 0 Å². The molecule has 0 N–H and O–H groups in total. The minimum atomic E-state index is -1.69. The fourth-order valence-corrected chi connectivity index (χ4v) is 1.47. The standard InChI is InChI=1S/C7H10O4.Ba/c8-5(9)7(6(10)11)3-1-2-4-7;/h1-4H2,(H,8,9)(H,10,11);/q;+2/p-2. The van der Waals surface area contributed by atoms with E-state index in [1.807, 2.05) is 0 Å². The minimum Gasteiger partial charge on any atom is -0.549 e. The van der Waals surface area contributed by atoms with Gasteiger partial charge in [0.15, 0.2) is 0 Å². The Morgan fingerprint density at radius 2 is 1.33 bits per heavy atom. The van der Waals surface area contributed by atoms with Crippen LogP contribution in [0.3, 0.4) is 0 Å². The monoisotopic (exact) mass is 294 g/mol. The molecule has 62 valence electrons. The van der Waals surface area contributed by atoms with Crippen molar-refractivity contribution in [3.8, 4) is 0 Å². The molecule has 1 aliphatic rings. The van der Waals surface area contributed by atoms with Crippen molar-refractivity contribution in [2.45, 2.75) is 25.7 Å². The van der Waals surface area contributed by atoms with Crippen molar-refractivity contribution in [1.29, 1.82) is 0 Å². The number of aliphatic carboxylic acids is 2. The van der Waals surface area contributed by atoms with Crippen molar-refractivity contribution in [1.82, 2.24) is 0 Å². The van der Waals surface area contributed by atoms with E-state index in [0.29, 0.717) is 12.8 Å². The summed E-state index contributed by atoms with van der Waals surface area (Å²) in [4.78, 5) is 20.9. The molecule has 12 heavy (non-hydrogen) atoms. The summed E-state index contributed by atoms with van der Waals surface area (Å²) in [6.45, 7) is 0. The number of carbonyl (C=O) groups excluding carboxylic acids is 2. The zero-order chi connectivity index (χ0) is 8.48. The van der Waals surface area contributed by atoms with Gasteiger partial charge in [-0.25, -0.2) is 0 Å². The maximum absolute atomic E-state index is 10.4. The number of carboxylic acid groups (broad SMARTS) is 2. The molecule has 5 heteroatoms. The third kappa shape index (κ3) is 2.06. The number of hydrogen-bond donors (Lipinski definition) is 0. The van der Waals surface area contributed by atoms with E-state index in [1.54, 1.807) is 0 Å². The van der Waals surface area contributed by atoms with Crippen LogP contribution in [-0.2, 0) is 9.59 Å². The van der Waals surface area contributed by atoms with Crippen LogP contribution in [0.4, 0.5) is 0 Å². The van der Waals surface area contributed by atoms with E-state index in [-0.39, 0.29) is 61.7 Å². The molecule has 4 nitrogen and oxygen atoms in total. The summed E-state index contributed by atoms with van der Waals surface area (Å²) in [7, 11) is 0. The summed E-state index contributed by atoms with van der Waals surface area (Å²) in [6, 6.07) is 0. The minimum absolute atomic E-state index is 0.